The van der Waals surface area contributed by atoms with Gasteiger partial charge in [0.05, 0.1) is 16.3 Å². The van der Waals surface area contributed by atoms with Crippen LogP contribution in [0, 0.1) is 4.91 Å². The first kappa shape index (κ1) is 4.49. The number of nitrogens with zero attached hydrogens (tertiary/aromatic N) is 2. The molecule has 0 aromatic carbocycles. The van der Waals surface area contributed by atoms with Crippen LogP contribution in [-0.2, 0) is 0 Å². The number of fused-ring (bicyclic) bond motifs is 2. The van der Waals surface area contributed by atoms with Crippen LogP contribution < -0.4 is 0 Å². The van der Waals surface area contributed by atoms with Gasteiger partial charge < -0.3 is 0 Å². The molecule has 2 aromatic heterocycles. The van der Waals surface area contributed by atoms with Crippen molar-refractivity contribution < 1.29 is 0 Å². The van der Waals surface area contributed by atoms with Gasteiger partial charge in [-0.05, 0) is 24.3 Å². The van der Waals surface area contributed by atoms with E-state index in [1.807, 2.05) is 24.3 Å². The summed E-state index contributed by atoms with van der Waals surface area (Å²) in [6, 6.07) is 7.43. The van der Waals surface area contributed by atoms with Crippen molar-refractivity contribution in [2.45, 2.75) is 0 Å². The normalized spacial score (nSPS) is 10.7. The monoisotopic (exact) mass is 120 g/mol. The number of nitroso groups, excluding NO2 is 1. The van der Waals surface area contributed by atoms with Crippen LogP contribution >= 0.6 is 0 Å². The molecule has 0 aliphatic carbocycles. The minimum Gasteiger partial charge on any atom is -0.197 e. The Morgan fingerprint density at radius 2 is 1.56 bits per heavy atom. The highest BCUT2D eigenvalue weighted by molar-refractivity contribution is 5.67. The van der Waals surface area contributed by atoms with E-state index in [0.29, 0.717) is 0 Å². The zero-order valence-corrected chi connectivity index (χ0v) is 4.61. The minimum atomic E-state index is 0.861. The molecule has 2 aromatic rings. The van der Waals surface area contributed by atoms with Crippen LogP contribution in [0.2, 0.25) is 0 Å². The van der Waals surface area contributed by atoms with Crippen LogP contribution in [-0.4, -0.2) is 4.68 Å². The summed E-state index contributed by atoms with van der Waals surface area (Å²) in [6.07, 6.45) is 0. The zero-order valence-electron chi connectivity index (χ0n) is 4.61. The molecule has 0 aliphatic heterocycles. The fourth-order valence-electron chi connectivity index (χ4n) is 0.978. The van der Waals surface area contributed by atoms with Gasteiger partial charge in [-0.3, -0.25) is 0 Å². The second-order valence-corrected chi connectivity index (χ2v) is 1.91. The highest BCUT2D eigenvalue weighted by Gasteiger charge is 2.00. The fraction of sp³-hybridized carbons (Fsp3) is 0. The van der Waals surface area contributed by atoms with Gasteiger partial charge in [-0.2, -0.15) is 4.68 Å². The highest BCUT2D eigenvalue weighted by atomic mass is 16.3. The van der Waals surface area contributed by atoms with Crippen LogP contribution in [0.4, 0.5) is 0 Å². The summed E-state index contributed by atoms with van der Waals surface area (Å²) in [5.41, 5.74) is 1.72. The Bertz CT molecular complexity index is 277. The maximum absolute atomic E-state index is 10.0. The minimum absolute atomic E-state index is 0.861. The van der Waals surface area contributed by atoms with Gasteiger partial charge in [0.1, 0.15) is 0 Å². The molecule has 0 saturated heterocycles. The van der Waals surface area contributed by atoms with Crippen molar-refractivity contribution in [3.05, 3.63) is 29.2 Å². The molecule has 2 rings (SSSR count). The summed E-state index contributed by atoms with van der Waals surface area (Å²) in [5.74, 6) is 0. The maximum Gasteiger partial charge on any atom is 0.0686 e. The van der Waals surface area contributed by atoms with E-state index in [9.17, 15) is 4.91 Å². The number of aromatic nitrogens is 1. The number of hydrogen-bond donors (Lipinski definition) is 0. The second kappa shape index (κ2) is 1.31. The van der Waals surface area contributed by atoms with E-state index >= 15 is 0 Å². The molecule has 3 heteroatoms. The summed E-state index contributed by atoms with van der Waals surface area (Å²) in [7, 11) is 0. The lowest BCUT2D eigenvalue weighted by Crippen LogP contribution is -1.77. The van der Waals surface area contributed by atoms with Crippen molar-refractivity contribution in [3.8, 4) is 0 Å². The van der Waals surface area contributed by atoms with E-state index in [-0.39, 0.29) is 0 Å². The third kappa shape index (κ3) is 0.408. The van der Waals surface area contributed by atoms with Crippen molar-refractivity contribution in [1.82, 2.24) is 4.68 Å². The average Bonchev–Trinajstić information content (AvgIpc) is 2.44. The summed E-state index contributed by atoms with van der Waals surface area (Å²) in [6.45, 7) is 0. The molecule has 9 heavy (non-hydrogen) atoms. The zero-order chi connectivity index (χ0) is 6.27. The number of hydrogen-bond acceptors (Lipinski definition) is 2. The van der Waals surface area contributed by atoms with E-state index in [4.69, 9.17) is 0 Å². The Labute approximate surface area is 51.2 Å². The molecule has 0 fully saturated rings. The van der Waals surface area contributed by atoms with Crippen LogP contribution in [0.5, 0.6) is 0 Å². The van der Waals surface area contributed by atoms with Gasteiger partial charge in [-0.25, -0.2) is 0 Å². The quantitative estimate of drug-likeness (QED) is 0.526. The van der Waals surface area contributed by atoms with Crippen molar-refractivity contribution >= 4 is 11.0 Å². The Hall–Kier alpha value is -1.38. The fourth-order valence-corrected chi connectivity index (χ4v) is 0.978. The third-order valence-electron chi connectivity index (χ3n) is 1.42. The van der Waals surface area contributed by atoms with Crippen molar-refractivity contribution in [2.75, 3.05) is 0 Å². The maximum atomic E-state index is 10.0. The molecule has 0 saturated carbocycles. The standard InChI is InChI=1S/C6H4N2O/c9-7-8-5-1-2-6(8)4-3-5/h1-4H. The van der Waals surface area contributed by atoms with Gasteiger partial charge in [0.2, 0.25) is 0 Å². The molecule has 44 valence electrons. The van der Waals surface area contributed by atoms with Gasteiger partial charge in [0, 0.05) is 0 Å². The van der Waals surface area contributed by atoms with E-state index < -0.39 is 0 Å². The molecular formula is C6H4N2O. The summed E-state index contributed by atoms with van der Waals surface area (Å²) < 4.78 is 1.36. The van der Waals surface area contributed by atoms with E-state index in [1.165, 1.54) is 4.68 Å². The first-order valence-corrected chi connectivity index (χ1v) is 2.65. The molecule has 2 heterocycles. The molecule has 0 radical (unpaired) electrons. The molecule has 0 unspecified atom stereocenters. The molecule has 0 amide bonds. The van der Waals surface area contributed by atoms with Gasteiger partial charge in [0.15, 0.2) is 0 Å². The topological polar surface area (TPSA) is 34.4 Å². The Morgan fingerprint density at radius 3 is 1.78 bits per heavy atom. The second-order valence-electron chi connectivity index (χ2n) is 1.91. The molecule has 2 bridgehead atoms. The smallest absolute Gasteiger partial charge is 0.0686 e. The van der Waals surface area contributed by atoms with Crippen LogP contribution in [0.1, 0.15) is 0 Å². The number of rotatable bonds is 1. The van der Waals surface area contributed by atoms with E-state index in [0.717, 1.165) is 11.0 Å². The SMILES string of the molecule is O=Nn1c2ccc1cc2. The van der Waals surface area contributed by atoms with Crippen LogP contribution in [0.3, 0.4) is 0 Å². The van der Waals surface area contributed by atoms with Gasteiger partial charge in [-0.15, -0.1) is 4.91 Å². The van der Waals surface area contributed by atoms with E-state index in [2.05, 4.69) is 5.29 Å². The van der Waals surface area contributed by atoms with Crippen LogP contribution in [0.15, 0.2) is 29.6 Å². The predicted molar refractivity (Wildman–Crippen MR) is 34.3 cm³/mol. The average molecular weight is 120 g/mol. The Balaban J connectivity index is 2.94. The lowest BCUT2D eigenvalue weighted by atomic mass is 10.4. The lowest BCUT2D eigenvalue weighted by molar-refractivity contribution is 0.961. The van der Waals surface area contributed by atoms with Gasteiger partial charge >= 0.3 is 0 Å². The summed E-state index contributed by atoms with van der Waals surface area (Å²) in [4.78, 5) is 10.0. The molecule has 0 aliphatic rings. The molecule has 0 spiro atoms. The highest BCUT2D eigenvalue weighted by Crippen LogP contribution is 2.15. The first-order chi connectivity index (χ1) is 4.42. The van der Waals surface area contributed by atoms with Gasteiger partial charge in [-0.1, -0.05) is 0 Å². The summed E-state index contributed by atoms with van der Waals surface area (Å²) >= 11 is 0. The van der Waals surface area contributed by atoms with Crippen molar-refractivity contribution in [1.29, 1.82) is 0 Å². The molecule has 0 atom stereocenters. The number of benzene rings is 1. The molecular weight excluding hydrogens is 116 g/mol. The Morgan fingerprint density at radius 1 is 1.11 bits per heavy atom. The third-order valence-corrected chi connectivity index (χ3v) is 1.42. The Kier molecular flexibility index (Phi) is 0.656. The lowest BCUT2D eigenvalue weighted by Gasteiger charge is -1.81. The predicted octanol–water partition coefficient (Wildman–Crippen LogP) is 1.61. The molecule has 3 nitrogen and oxygen atoms in total. The largest absolute Gasteiger partial charge is 0.197 e. The van der Waals surface area contributed by atoms with Crippen molar-refractivity contribution in [2.24, 2.45) is 5.29 Å². The molecule has 0 N–H and O–H groups in total. The van der Waals surface area contributed by atoms with Crippen molar-refractivity contribution in [3.63, 3.8) is 0 Å². The van der Waals surface area contributed by atoms with Crippen LogP contribution in [0.25, 0.3) is 11.0 Å². The first-order valence-electron chi connectivity index (χ1n) is 2.65. The summed E-state index contributed by atoms with van der Waals surface area (Å²) in [5, 5.41) is 2.80. The van der Waals surface area contributed by atoms with Gasteiger partial charge in [0.25, 0.3) is 0 Å². The van der Waals surface area contributed by atoms with E-state index in [1.54, 1.807) is 0 Å².